The lowest BCUT2D eigenvalue weighted by molar-refractivity contribution is 0.0755. The molecule has 1 heterocycles. The van der Waals surface area contributed by atoms with Gasteiger partial charge in [0.2, 0.25) is 0 Å². The van der Waals surface area contributed by atoms with Gasteiger partial charge in [-0.3, -0.25) is 9.80 Å². The van der Waals surface area contributed by atoms with Crippen LogP contribution in [0.25, 0.3) is 11.1 Å². The van der Waals surface area contributed by atoms with Crippen LogP contribution >= 0.6 is 0 Å². The van der Waals surface area contributed by atoms with Crippen molar-refractivity contribution in [3.63, 3.8) is 0 Å². The van der Waals surface area contributed by atoms with Crippen molar-refractivity contribution >= 4 is 0 Å². The number of hydrogen-bond acceptors (Lipinski definition) is 3. The van der Waals surface area contributed by atoms with Crippen molar-refractivity contribution in [1.29, 1.82) is 0 Å². The lowest BCUT2D eigenvalue weighted by Crippen LogP contribution is -2.50. The Morgan fingerprint density at radius 1 is 0.808 bits per heavy atom. The molecular formula is C23H30N2O. The van der Waals surface area contributed by atoms with Crippen LogP contribution in [-0.4, -0.2) is 47.1 Å². The summed E-state index contributed by atoms with van der Waals surface area (Å²) in [6.07, 6.45) is 7.11. The number of rotatable bonds is 4. The maximum Gasteiger partial charge on any atom is 0.123 e. The molecule has 0 spiro atoms. The van der Waals surface area contributed by atoms with Gasteiger partial charge in [-0.15, -0.1) is 0 Å². The minimum Gasteiger partial charge on any atom is -0.507 e. The zero-order chi connectivity index (χ0) is 17.8. The number of hydrogen-bond donors (Lipinski definition) is 1. The molecule has 1 N–H and O–H groups in total. The SMILES string of the molecule is Oc1ccccc1-c1ccc(CN2CCN(C3CCCCC3)CC2)cc1. The zero-order valence-corrected chi connectivity index (χ0v) is 15.6. The van der Waals surface area contributed by atoms with Crippen LogP contribution in [0, 0.1) is 0 Å². The Morgan fingerprint density at radius 2 is 1.50 bits per heavy atom. The molecule has 0 aromatic heterocycles. The number of phenolic OH excluding ortho intramolecular Hbond substituents is 1. The van der Waals surface area contributed by atoms with E-state index in [-0.39, 0.29) is 0 Å². The highest BCUT2D eigenvalue weighted by Crippen LogP contribution is 2.29. The summed E-state index contributed by atoms with van der Waals surface area (Å²) in [5.41, 5.74) is 3.34. The summed E-state index contributed by atoms with van der Waals surface area (Å²) in [6, 6.07) is 17.1. The minimum absolute atomic E-state index is 0.346. The molecule has 26 heavy (non-hydrogen) atoms. The van der Waals surface area contributed by atoms with Gasteiger partial charge in [0.15, 0.2) is 0 Å². The first-order chi connectivity index (χ1) is 12.8. The van der Waals surface area contributed by atoms with Gasteiger partial charge in [0.05, 0.1) is 0 Å². The van der Waals surface area contributed by atoms with Crippen LogP contribution in [0.1, 0.15) is 37.7 Å². The average Bonchev–Trinajstić information content (AvgIpc) is 2.70. The van der Waals surface area contributed by atoms with E-state index in [1.807, 2.05) is 18.2 Å². The van der Waals surface area contributed by atoms with E-state index < -0.39 is 0 Å². The van der Waals surface area contributed by atoms with Gasteiger partial charge in [-0.2, -0.15) is 0 Å². The first-order valence-electron chi connectivity index (χ1n) is 10.1. The molecule has 1 saturated heterocycles. The van der Waals surface area contributed by atoms with Crippen molar-refractivity contribution in [2.24, 2.45) is 0 Å². The first-order valence-corrected chi connectivity index (χ1v) is 10.1. The van der Waals surface area contributed by atoms with Gasteiger partial charge in [0.1, 0.15) is 5.75 Å². The quantitative estimate of drug-likeness (QED) is 0.879. The lowest BCUT2D eigenvalue weighted by Gasteiger charge is -2.40. The molecular weight excluding hydrogens is 320 g/mol. The van der Waals surface area contributed by atoms with Crippen LogP contribution in [0.3, 0.4) is 0 Å². The van der Waals surface area contributed by atoms with Gasteiger partial charge in [-0.25, -0.2) is 0 Å². The van der Waals surface area contributed by atoms with Crippen molar-refractivity contribution < 1.29 is 5.11 Å². The molecule has 1 aliphatic carbocycles. The van der Waals surface area contributed by atoms with Crippen molar-refractivity contribution in [1.82, 2.24) is 9.80 Å². The van der Waals surface area contributed by atoms with Gasteiger partial charge in [-0.05, 0) is 30.0 Å². The molecule has 0 bridgehead atoms. The van der Waals surface area contributed by atoms with Crippen molar-refractivity contribution in [3.8, 4) is 16.9 Å². The van der Waals surface area contributed by atoms with E-state index in [9.17, 15) is 5.11 Å². The van der Waals surface area contributed by atoms with Crippen molar-refractivity contribution in [2.75, 3.05) is 26.2 Å². The fourth-order valence-electron chi connectivity index (χ4n) is 4.50. The molecule has 0 atom stereocenters. The van der Waals surface area contributed by atoms with E-state index in [0.29, 0.717) is 5.75 Å². The van der Waals surface area contributed by atoms with Crippen molar-refractivity contribution in [3.05, 3.63) is 54.1 Å². The Morgan fingerprint density at radius 3 is 2.19 bits per heavy atom. The summed E-state index contributed by atoms with van der Waals surface area (Å²) in [5, 5.41) is 10.0. The third-order valence-corrected chi connectivity index (χ3v) is 6.07. The molecule has 2 aromatic carbocycles. The predicted molar refractivity (Wildman–Crippen MR) is 107 cm³/mol. The molecule has 0 radical (unpaired) electrons. The summed E-state index contributed by atoms with van der Waals surface area (Å²) in [6.45, 7) is 5.83. The Labute approximate surface area is 157 Å². The Kier molecular flexibility index (Phi) is 5.57. The maximum atomic E-state index is 10.0. The molecule has 2 fully saturated rings. The molecule has 2 aromatic rings. The number of benzene rings is 2. The van der Waals surface area contributed by atoms with Gasteiger partial charge < -0.3 is 5.11 Å². The van der Waals surface area contributed by atoms with E-state index in [2.05, 4.69) is 34.1 Å². The van der Waals surface area contributed by atoms with E-state index in [1.165, 1.54) is 63.8 Å². The topological polar surface area (TPSA) is 26.7 Å². The van der Waals surface area contributed by atoms with Crippen LogP contribution in [0.2, 0.25) is 0 Å². The van der Waals surface area contributed by atoms with Gasteiger partial charge in [-0.1, -0.05) is 61.7 Å². The van der Waals surface area contributed by atoms with Gasteiger partial charge >= 0.3 is 0 Å². The number of nitrogens with zero attached hydrogens (tertiary/aromatic N) is 2. The number of para-hydroxylation sites is 1. The fourth-order valence-corrected chi connectivity index (χ4v) is 4.50. The van der Waals surface area contributed by atoms with Crippen molar-refractivity contribution in [2.45, 2.75) is 44.7 Å². The first kappa shape index (κ1) is 17.6. The van der Waals surface area contributed by atoms with Gasteiger partial charge in [0, 0.05) is 44.3 Å². The van der Waals surface area contributed by atoms with E-state index in [0.717, 1.165) is 23.7 Å². The maximum absolute atomic E-state index is 10.0. The smallest absolute Gasteiger partial charge is 0.123 e. The monoisotopic (exact) mass is 350 g/mol. The Hall–Kier alpha value is -1.84. The molecule has 2 aliphatic rings. The summed E-state index contributed by atoms with van der Waals surface area (Å²) < 4.78 is 0. The lowest BCUT2D eigenvalue weighted by atomic mass is 9.94. The largest absolute Gasteiger partial charge is 0.507 e. The van der Waals surface area contributed by atoms with Crippen LogP contribution in [0.15, 0.2) is 48.5 Å². The Bertz CT molecular complexity index is 698. The molecule has 3 nitrogen and oxygen atoms in total. The van der Waals surface area contributed by atoms with E-state index in [4.69, 9.17) is 0 Å². The minimum atomic E-state index is 0.346. The molecule has 1 saturated carbocycles. The predicted octanol–water partition coefficient (Wildman–Crippen LogP) is 4.51. The third kappa shape index (κ3) is 4.11. The molecule has 3 heteroatoms. The number of aromatic hydroxyl groups is 1. The normalized spacial score (nSPS) is 20.3. The number of phenols is 1. The second-order valence-electron chi connectivity index (χ2n) is 7.82. The second-order valence-corrected chi connectivity index (χ2v) is 7.82. The third-order valence-electron chi connectivity index (χ3n) is 6.07. The Balaban J connectivity index is 1.32. The second kappa shape index (κ2) is 8.24. The summed E-state index contributed by atoms with van der Waals surface area (Å²) in [5.74, 6) is 0.346. The highest BCUT2D eigenvalue weighted by Gasteiger charge is 2.24. The molecule has 138 valence electrons. The summed E-state index contributed by atoms with van der Waals surface area (Å²) >= 11 is 0. The zero-order valence-electron chi connectivity index (χ0n) is 15.6. The molecule has 4 rings (SSSR count). The summed E-state index contributed by atoms with van der Waals surface area (Å²) in [7, 11) is 0. The molecule has 1 aliphatic heterocycles. The molecule has 0 amide bonds. The highest BCUT2D eigenvalue weighted by atomic mass is 16.3. The van der Waals surface area contributed by atoms with E-state index >= 15 is 0 Å². The molecule has 0 unspecified atom stereocenters. The van der Waals surface area contributed by atoms with Gasteiger partial charge in [0.25, 0.3) is 0 Å². The summed E-state index contributed by atoms with van der Waals surface area (Å²) in [4.78, 5) is 5.31. The fraction of sp³-hybridized carbons (Fsp3) is 0.478. The van der Waals surface area contributed by atoms with Crippen LogP contribution in [0.5, 0.6) is 5.75 Å². The van der Waals surface area contributed by atoms with Crippen LogP contribution in [-0.2, 0) is 6.54 Å². The van der Waals surface area contributed by atoms with E-state index in [1.54, 1.807) is 6.07 Å². The van der Waals surface area contributed by atoms with Crippen LogP contribution < -0.4 is 0 Å². The van der Waals surface area contributed by atoms with Crippen LogP contribution in [0.4, 0.5) is 0 Å². The average molecular weight is 351 g/mol. The number of piperazine rings is 1. The highest BCUT2D eigenvalue weighted by molar-refractivity contribution is 5.69. The standard InChI is InChI=1S/C23H30N2O/c26-23-9-5-4-8-22(23)20-12-10-19(11-13-20)18-24-14-16-25(17-15-24)21-6-2-1-3-7-21/h4-5,8-13,21,26H,1-3,6-7,14-18H2.